The van der Waals surface area contributed by atoms with E-state index in [-0.39, 0.29) is 0 Å². The topological polar surface area (TPSA) is 12.4 Å². The molecule has 0 radical (unpaired) electrons. The van der Waals surface area contributed by atoms with Gasteiger partial charge in [-0.1, -0.05) is 25.2 Å². The molecule has 0 heterocycles. The van der Waals surface area contributed by atoms with Crippen molar-refractivity contribution in [2.45, 2.75) is 33.6 Å². The van der Waals surface area contributed by atoms with Gasteiger partial charge in [0.25, 0.3) is 0 Å². The molecule has 1 nitrogen and oxygen atoms in total. The van der Waals surface area contributed by atoms with Crippen LogP contribution >= 0.6 is 0 Å². The lowest BCUT2D eigenvalue weighted by Crippen LogP contribution is -1.72. The fourth-order valence-corrected chi connectivity index (χ4v) is 0.663. The van der Waals surface area contributed by atoms with Crippen LogP contribution in [0.3, 0.4) is 0 Å². The summed E-state index contributed by atoms with van der Waals surface area (Å²) in [6, 6.07) is 0. The van der Waals surface area contributed by atoms with Crippen LogP contribution in [0.1, 0.15) is 33.6 Å². The van der Waals surface area contributed by atoms with Gasteiger partial charge in [-0.15, -0.1) is 0 Å². The van der Waals surface area contributed by atoms with E-state index < -0.39 is 0 Å². The number of allylic oxidation sites excluding steroid dienone is 4. The van der Waals surface area contributed by atoms with Gasteiger partial charge in [0.2, 0.25) is 0 Å². The molecule has 0 bridgehead atoms. The molecule has 0 amide bonds. The van der Waals surface area contributed by atoms with E-state index in [2.05, 4.69) is 24.1 Å². The minimum absolute atomic E-state index is 0.989. The average molecular weight is 151 g/mol. The highest BCUT2D eigenvalue weighted by Gasteiger charge is 1.78. The summed E-state index contributed by atoms with van der Waals surface area (Å²) < 4.78 is 0. The Labute approximate surface area is 69.5 Å². The molecule has 0 aromatic rings. The van der Waals surface area contributed by atoms with Gasteiger partial charge in [-0.05, 0) is 26.7 Å². The lowest BCUT2D eigenvalue weighted by atomic mass is 10.3. The van der Waals surface area contributed by atoms with Gasteiger partial charge < -0.3 is 0 Å². The third-order valence-corrected chi connectivity index (χ3v) is 1.26. The molecule has 0 aliphatic carbocycles. The van der Waals surface area contributed by atoms with Crippen molar-refractivity contribution in [2.75, 3.05) is 0 Å². The maximum Gasteiger partial charge on any atom is 0.0332 e. The predicted octanol–water partition coefficient (Wildman–Crippen LogP) is 3.34. The Balaban J connectivity index is 3.71. The van der Waals surface area contributed by atoms with Gasteiger partial charge in [-0.2, -0.15) is 0 Å². The standard InChI is InChI=1S/C10H17N/c1-4-6-7-8-10(3)11-9-5-2/h4,6,8-9H,5,7H2,1-3H3/b6-4+,10-8-,11-9?. The maximum atomic E-state index is 4.22. The number of hydrogen-bond donors (Lipinski definition) is 0. The van der Waals surface area contributed by atoms with Crippen molar-refractivity contribution < 1.29 is 0 Å². The van der Waals surface area contributed by atoms with E-state index in [0.29, 0.717) is 0 Å². The van der Waals surface area contributed by atoms with Crippen molar-refractivity contribution in [2.24, 2.45) is 4.99 Å². The zero-order valence-electron chi connectivity index (χ0n) is 7.67. The molecule has 0 N–H and O–H groups in total. The van der Waals surface area contributed by atoms with Gasteiger partial charge in [0, 0.05) is 11.9 Å². The van der Waals surface area contributed by atoms with Crippen LogP contribution in [0.25, 0.3) is 0 Å². The molecule has 0 aliphatic rings. The Morgan fingerprint density at radius 2 is 2.18 bits per heavy atom. The van der Waals surface area contributed by atoms with Crippen LogP contribution < -0.4 is 0 Å². The van der Waals surface area contributed by atoms with Crippen molar-refractivity contribution in [1.29, 1.82) is 0 Å². The highest BCUT2D eigenvalue weighted by molar-refractivity contribution is 5.58. The molecule has 0 saturated heterocycles. The van der Waals surface area contributed by atoms with E-state index in [4.69, 9.17) is 0 Å². The van der Waals surface area contributed by atoms with Gasteiger partial charge in [-0.25, -0.2) is 0 Å². The van der Waals surface area contributed by atoms with Gasteiger partial charge in [0.05, 0.1) is 0 Å². The molecule has 0 aromatic carbocycles. The molecule has 0 fully saturated rings. The van der Waals surface area contributed by atoms with Crippen LogP contribution in [0.4, 0.5) is 0 Å². The number of rotatable bonds is 4. The molecule has 0 rings (SSSR count). The second kappa shape index (κ2) is 7.26. The molecule has 11 heavy (non-hydrogen) atoms. The zero-order valence-corrected chi connectivity index (χ0v) is 7.67. The lowest BCUT2D eigenvalue weighted by molar-refractivity contribution is 1.21. The Bertz CT molecular complexity index is 164. The van der Waals surface area contributed by atoms with Crippen LogP contribution in [0.2, 0.25) is 0 Å². The minimum atomic E-state index is 0.989. The van der Waals surface area contributed by atoms with E-state index in [1.54, 1.807) is 0 Å². The smallest absolute Gasteiger partial charge is 0.0332 e. The molecule has 0 saturated carbocycles. The monoisotopic (exact) mass is 151 g/mol. The van der Waals surface area contributed by atoms with Crippen LogP contribution in [0.15, 0.2) is 28.9 Å². The maximum absolute atomic E-state index is 4.22. The van der Waals surface area contributed by atoms with E-state index in [9.17, 15) is 0 Å². The van der Waals surface area contributed by atoms with Crippen molar-refractivity contribution in [3.05, 3.63) is 23.9 Å². The Kier molecular flexibility index (Phi) is 6.70. The van der Waals surface area contributed by atoms with E-state index in [1.807, 2.05) is 26.1 Å². The summed E-state index contributed by atoms with van der Waals surface area (Å²) >= 11 is 0. The van der Waals surface area contributed by atoms with Crippen molar-refractivity contribution >= 4 is 6.21 Å². The second-order valence-corrected chi connectivity index (χ2v) is 2.37. The third kappa shape index (κ3) is 7.04. The van der Waals surface area contributed by atoms with Crippen LogP contribution in [-0.4, -0.2) is 6.21 Å². The predicted molar refractivity (Wildman–Crippen MR) is 52.0 cm³/mol. The molecule has 62 valence electrons. The van der Waals surface area contributed by atoms with Gasteiger partial charge >= 0.3 is 0 Å². The molecular formula is C10H17N. The zero-order chi connectivity index (χ0) is 8.53. The first kappa shape index (κ1) is 10.2. The first-order chi connectivity index (χ1) is 5.31. The fraction of sp³-hybridized carbons (Fsp3) is 0.500. The van der Waals surface area contributed by atoms with Crippen molar-refractivity contribution in [3.63, 3.8) is 0 Å². The highest BCUT2D eigenvalue weighted by atomic mass is 14.7. The van der Waals surface area contributed by atoms with E-state index >= 15 is 0 Å². The second-order valence-electron chi connectivity index (χ2n) is 2.37. The molecule has 0 unspecified atom stereocenters. The first-order valence-electron chi connectivity index (χ1n) is 4.11. The molecule has 1 heteroatoms. The Morgan fingerprint density at radius 3 is 2.73 bits per heavy atom. The number of aliphatic imine (C=N–C) groups is 1. The summed E-state index contributed by atoms with van der Waals surface area (Å²) in [6.45, 7) is 6.14. The van der Waals surface area contributed by atoms with Gasteiger partial charge in [0.1, 0.15) is 0 Å². The molecule has 0 aliphatic heterocycles. The fourth-order valence-electron chi connectivity index (χ4n) is 0.663. The summed E-state index contributed by atoms with van der Waals surface area (Å²) in [5.41, 5.74) is 1.10. The first-order valence-corrected chi connectivity index (χ1v) is 4.11. The Hall–Kier alpha value is -0.850. The van der Waals surface area contributed by atoms with Crippen LogP contribution in [0, 0.1) is 0 Å². The minimum Gasteiger partial charge on any atom is -0.266 e. The van der Waals surface area contributed by atoms with Crippen LogP contribution in [-0.2, 0) is 0 Å². The summed E-state index contributed by atoms with van der Waals surface area (Å²) in [4.78, 5) is 4.22. The SMILES string of the molecule is C/C=C/C/C=C(/C)N=CCC. The van der Waals surface area contributed by atoms with Gasteiger partial charge in [0.15, 0.2) is 0 Å². The third-order valence-electron chi connectivity index (χ3n) is 1.26. The molecule has 0 aromatic heterocycles. The summed E-state index contributed by atoms with van der Waals surface area (Å²) in [5.74, 6) is 0. The summed E-state index contributed by atoms with van der Waals surface area (Å²) in [5, 5.41) is 0. The van der Waals surface area contributed by atoms with Gasteiger partial charge in [-0.3, -0.25) is 4.99 Å². The normalized spacial score (nSPS) is 13.5. The molecule has 0 spiro atoms. The van der Waals surface area contributed by atoms with Crippen molar-refractivity contribution in [3.8, 4) is 0 Å². The summed E-state index contributed by atoms with van der Waals surface area (Å²) in [7, 11) is 0. The number of nitrogens with zero attached hydrogens (tertiary/aromatic N) is 1. The van der Waals surface area contributed by atoms with Crippen LogP contribution in [0.5, 0.6) is 0 Å². The van der Waals surface area contributed by atoms with E-state index in [1.165, 1.54) is 0 Å². The highest BCUT2D eigenvalue weighted by Crippen LogP contribution is 1.97. The number of hydrogen-bond acceptors (Lipinski definition) is 1. The van der Waals surface area contributed by atoms with E-state index in [0.717, 1.165) is 18.5 Å². The quantitative estimate of drug-likeness (QED) is 0.431. The average Bonchev–Trinajstić information content (AvgIpc) is 2.01. The largest absolute Gasteiger partial charge is 0.266 e. The lowest BCUT2D eigenvalue weighted by Gasteiger charge is -1.88. The van der Waals surface area contributed by atoms with Crippen molar-refractivity contribution in [1.82, 2.24) is 0 Å². The summed E-state index contributed by atoms with van der Waals surface area (Å²) in [6.07, 6.45) is 10.2. The molecular weight excluding hydrogens is 134 g/mol. The molecule has 0 atom stereocenters. The Morgan fingerprint density at radius 1 is 1.45 bits per heavy atom.